The van der Waals surface area contributed by atoms with Crippen LogP contribution < -0.4 is 0 Å². The number of imide groups is 2. The Labute approximate surface area is 140 Å². The van der Waals surface area contributed by atoms with Gasteiger partial charge in [-0.2, -0.15) is 0 Å². The predicted octanol–water partition coefficient (Wildman–Crippen LogP) is 1.99. The van der Waals surface area contributed by atoms with E-state index >= 15 is 0 Å². The second kappa shape index (κ2) is 6.55. The van der Waals surface area contributed by atoms with Gasteiger partial charge in [0.25, 0.3) is 17.7 Å². The Kier molecular flexibility index (Phi) is 4.46. The van der Waals surface area contributed by atoms with E-state index < -0.39 is 23.8 Å². The van der Waals surface area contributed by atoms with Crippen molar-refractivity contribution in [3.05, 3.63) is 35.4 Å². The molecule has 24 heavy (non-hydrogen) atoms. The van der Waals surface area contributed by atoms with Gasteiger partial charge in [-0.3, -0.25) is 29.0 Å². The maximum absolute atomic E-state index is 12.7. The van der Waals surface area contributed by atoms with Crippen LogP contribution in [0.1, 0.15) is 59.7 Å². The third-order valence-electron chi connectivity index (χ3n) is 4.61. The molecule has 3 rings (SSSR count). The lowest BCUT2D eigenvalue weighted by Crippen LogP contribution is -2.56. The number of carbonyl (C=O) groups excluding carboxylic acids is 4. The van der Waals surface area contributed by atoms with Gasteiger partial charge in [-0.25, -0.2) is 0 Å². The Hall–Kier alpha value is -2.50. The number of nitrogens with zero attached hydrogens (tertiary/aromatic N) is 2. The van der Waals surface area contributed by atoms with Gasteiger partial charge in [0.2, 0.25) is 5.91 Å². The molecule has 4 amide bonds. The summed E-state index contributed by atoms with van der Waals surface area (Å²) in [4.78, 5) is 52.1. The fourth-order valence-corrected chi connectivity index (χ4v) is 3.31. The van der Waals surface area contributed by atoms with E-state index in [1.807, 2.05) is 6.92 Å². The number of carbonyl (C=O) groups is 4. The number of fused-ring (bicyclic) bond motifs is 1. The number of amides is 4. The van der Waals surface area contributed by atoms with Gasteiger partial charge < -0.3 is 0 Å². The van der Waals surface area contributed by atoms with Crippen LogP contribution in [0.25, 0.3) is 0 Å². The SMILES string of the molecule is CCCCCN1C(=O)CCC(N2C(=O)c3ccccc3C2=O)C1=O. The highest BCUT2D eigenvalue weighted by atomic mass is 16.2. The lowest BCUT2D eigenvalue weighted by atomic mass is 10.0. The smallest absolute Gasteiger partial charge is 0.262 e. The molecule has 2 heterocycles. The maximum Gasteiger partial charge on any atom is 0.262 e. The fourth-order valence-electron chi connectivity index (χ4n) is 3.31. The standard InChI is InChI=1S/C18H20N2O4/c1-2-3-6-11-19-15(21)10-9-14(18(19)24)20-16(22)12-7-4-5-8-13(12)17(20)23/h4-5,7-8,14H,2-3,6,9-11H2,1H3. The first-order valence-corrected chi connectivity index (χ1v) is 8.37. The first-order chi connectivity index (χ1) is 11.6. The Morgan fingerprint density at radius 3 is 2.21 bits per heavy atom. The molecule has 6 nitrogen and oxygen atoms in total. The Balaban J connectivity index is 1.82. The summed E-state index contributed by atoms with van der Waals surface area (Å²) in [7, 11) is 0. The van der Waals surface area contributed by atoms with Crippen molar-refractivity contribution in [1.82, 2.24) is 9.80 Å². The molecular formula is C18H20N2O4. The summed E-state index contributed by atoms with van der Waals surface area (Å²) in [5.74, 6) is -1.55. The molecule has 1 atom stereocenters. The summed E-state index contributed by atoms with van der Waals surface area (Å²) >= 11 is 0. The average Bonchev–Trinajstić information content (AvgIpc) is 2.83. The summed E-state index contributed by atoms with van der Waals surface area (Å²) in [5.41, 5.74) is 0.648. The monoisotopic (exact) mass is 328 g/mol. The van der Waals surface area contributed by atoms with E-state index in [-0.39, 0.29) is 18.7 Å². The highest BCUT2D eigenvalue weighted by molar-refractivity contribution is 6.23. The third-order valence-corrected chi connectivity index (χ3v) is 4.61. The van der Waals surface area contributed by atoms with Gasteiger partial charge in [0.1, 0.15) is 6.04 Å². The van der Waals surface area contributed by atoms with Crippen molar-refractivity contribution < 1.29 is 19.2 Å². The molecule has 0 radical (unpaired) electrons. The number of likely N-dealkylation sites (tertiary alicyclic amines) is 1. The van der Waals surface area contributed by atoms with E-state index in [9.17, 15) is 19.2 Å². The van der Waals surface area contributed by atoms with E-state index in [4.69, 9.17) is 0 Å². The topological polar surface area (TPSA) is 74.8 Å². The predicted molar refractivity (Wildman–Crippen MR) is 86.2 cm³/mol. The summed E-state index contributed by atoms with van der Waals surface area (Å²) in [6.45, 7) is 2.40. The second-order valence-electron chi connectivity index (χ2n) is 6.17. The first kappa shape index (κ1) is 16.4. The Morgan fingerprint density at radius 1 is 1.00 bits per heavy atom. The van der Waals surface area contributed by atoms with Gasteiger partial charge >= 0.3 is 0 Å². The summed E-state index contributed by atoms with van der Waals surface area (Å²) in [5, 5.41) is 0. The van der Waals surface area contributed by atoms with Crippen LogP contribution in [0.5, 0.6) is 0 Å². The Morgan fingerprint density at radius 2 is 1.62 bits per heavy atom. The molecule has 0 aliphatic carbocycles. The quantitative estimate of drug-likeness (QED) is 0.612. The lowest BCUT2D eigenvalue weighted by molar-refractivity contribution is -0.151. The molecule has 0 bridgehead atoms. The molecule has 1 saturated heterocycles. The van der Waals surface area contributed by atoms with E-state index in [1.54, 1.807) is 24.3 Å². The molecule has 126 valence electrons. The van der Waals surface area contributed by atoms with Crippen molar-refractivity contribution in [2.75, 3.05) is 6.54 Å². The van der Waals surface area contributed by atoms with E-state index in [2.05, 4.69) is 0 Å². The van der Waals surface area contributed by atoms with Crippen LogP contribution in [0, 0.1) is 0 Å². The van der Waals surface area contributed by atoms with Crippen LogP contribution in [0.15, 0.2) is 24.3 Å². The maximum atomic E-state index is 12.7. The van der Waals surface area contributed by atoms with Gasteiger partial charge in [-0.1, -0.05) is 31.9 Å². The fraction of sp³-hybridized carbons (Fsp3) is 0.444. The van der Waals surface area contributed by atoms with Gasteiger partial charge in [0.05, 0.1) is 11.1 Å². The number of unbranched alkanes of at least 4 members (excludes halogenated alkanes) is 2. The molecule has 0 spiro atoms. The van der Waals surface area contributed by atoms with Gasteiger partial charge in [-0.05, 0) is 25.0 Å². The molecule has 6 heteroatoms. The third kappa shape index (κ3) is 2.62. The highest BCUT2D eigenvalue weighted by Crippen LogP contribution is 2.29. The minimum atomic E-state index is -0.878. The number of rotatable bonds is 5. The van der Waals surface area contributed by atoms with Crippen LogP contribution in [-0.2, 0) is 9.59 Å². The number of benzene rings is 1. The van der Waals surface area contributed by atoms with Crippen molar-refractivity contribution in [2.24, 2.45) is 0 Å². The average molecular weight is 328 g/mol. The molecule has 1 aromatic carbocycles. The van der Waals surface area contributed by atoms with Crippen LogP contribution in [-0.4, -0.2) is 46.0 Å². The lowest BCUT2D eigenvalue weighted by Gasteiger charge is -2.34. The van der Waals surface area contributed by atoms with Crippen molar-refractivity contribution in [3.8, 4) is 0 Å². The minimum Gasteiger partial charge on any atom is -0.281 e. The Bertz CT molecular complexity index is 678. The van der Waals surface area contributed by atoms with Crippen LogP contribution in [0.2, 0.25) is 0 Å². The zero-order valence-corrected chi connectivity index (χ0v) is 13.7. The summed E-state index contributed by atoms with van der Waals surface area (Å²) < 4.78 is 0. The van der Waals surface area contributed by atoms with Crippen molar-refractivity contribution in [1.29, 1.82) is 0 Å². The molecule has 0 saturated carbocycles. The van der Waals surface area contributed by atoms with E-state index in [1.165, 1.54) is 4.90 Å². The van der Waals surface area contributed by atoms with Gasteiger partial charge in [0, 0.05) is 13.0 Å². The largest absolute Gasteiger partial charge is 0.281 e. The highest BCUT2D eigenvalue weighted by Gasteiger charge is 2.46. The molecule has 1 fully saturated rings. The molecule has 0 N–H and O–H groups in total. The molecular weight excluding hydrogens is 308 g/mol. The summed E-state index contributed by atoms with van der Waals surface area (Å²) in [6, 6.07) is 5.69. The normalized spacial score (nSPS) is 20.8. The van der Waals surface area contributed by atoms with Gasteiger partial charge in [0.15, 0.2) is 0 Å². The van der Waals surface area contributed by atoms with Crippen molar-refractivity contribution in [2.45, 2.75) is 45.1 Å². The number of piperidine rings is 1. The van der Waals surface area contributed by atoms with Crippen LogP contribution in [0.4, 0.5) is 0 Å². The van der Waals surface area contributed by atoms with Crippen LogP contribution in [0.3, 0.4) is 0 Å². The van der Waals surface area contributed by atoms with E-state index in [0.717, 1.165) is 24.2 Å². The molecule has 1 unspecified atom stereocenters. The number of hydrogen-bond acceptors (Lipinski definition) is 4. The second-order valence-corrected chi connectivity index (χ2v) is 6.17. The summed E-state index contributed by atoms with van der Waals surface area (Å²) in [6.07, 6.45) is 3.03. The zero-order valence-electron chi connectivity index (χ0n) is 13.7. The van der Waals surface area contributed by atoms with Crippen LogP contribution >= 0.6 is 0 Å². The van der Waals surface area contributed by atoms with E-state index in [0.29, 0.717) is 17.7 Å². The molecule has 2 aliphatic heterocycles. The molecule has 2 aliphatic rings. The minimum absolute atomic E-state index is 0.177. The number of hydrogen-bond donors (Lipinski definition) is 0. The van der Waals surface area contributed by atoms with Crippen molar-refractivity contribution >= 4 is 23.6 Å². The van der Waals surface area contributed by atoms with Crippen molar-refractivity contribution in [3.63, 3.8) is 0 Å². The molecule has 1 aromatic rings. The van der Waals surface area contributed by atoms with Gasteiger partial charge in [-0.15, -0.1) is 0 Å². The first-order valence-electron chi connectivity index (χ1n) is 8.37. The zero-order chi connectivity index (χ0) is 17.3. The molecule has 0 aromatic heterocycles.